The zero-order valence-corrected chi connectivity index (χ0v) is 16.0. The minimum Gasteiger partial charge on any atom is -0.481 e. The Bertz CT molecular complexity index is 1050. The molecule has 0 spiro atoms. The third-order valence-corrected chi connectivity index (χ3v) is 5.87. The first-order valence-corrected chi connectivity index (χ1v) is 9.97. The van der Waals surface area contributed by atoms with Crippen LogP contribution in [0.3, 0.4) is 0 Å². The standard InChI is InChI=1S/C24H24O4/c1-2-15-11-12-19-17(13-15)14-16-7-3-4-8-18(16)22(19)28-24(27)21-10-6-5-9-20(21)23(25)26/h3-4,7-8,11-14,20-21H,2,5-6,9-10H2,1H3,(H,25,26). The summed E-state index contributed by atoms with van der Waals surface area (Å²) in [5, 5.41) is 13.3. The van der Waals surface area contributed by atoms with Gasteiger partial charge in [-0.3, -0.25) is 9.59 Å². The average Bonchev–Trinajstić information content (AvgIpc) is 2.72. The van der Waals surface area contributed by atoms with Crippen LogP contribution >= 0.6 is 0 Å². The number of ether oxygens (including phenoxy) is 1. The Labute approximate surface area is 164 Å². The Morgan fingerprint density at radius 1 is 0.964 bits per heavy atom. The van der Waals surface area contributed by atoms with Gasteiger partial charge in [0.1, 0.15) is 5.75 Å². The first kappa shape index (κ1) is 18.5. The van der Waals surface area contributed by atoms with Crippen molar-refractivity contribution in [3.63, 3.8) is 0 Å². The van der Waals surface area contributed by atoms with Crippen molar-refractivity contribution in [2.24, 2.45) is 11.8 Å². The maximum absolute atomic E-state index is 13.0. The third-order valence-electron chi connectivity index (χ3n) is 5.87. The summed E-state index contributed by atoms with van der Waals surface area (Å²) in [4.78, 5) is 24.6. The van der Waals surface area contributed by atoms with Crippen LogP contribution < -0.4 is 4.74 Å². The molecule has 144 valence electrons. The molecular weight excluding hydrogens is 352 g/mol. The summed E-state index contributed by atoms with van der Waals surface area (Å²) in [6.45, 7) is 2.11. The summed E-state index contributed by atoms with van der Waals surface area (Å²) in [6.07, 6.45) is 3.74. The number of carbonyl (C=O) groups excluding carboxylic acids is 1. The molecule has 0 aliphatic heterocycles. The largest absolute Gasteiger partial charge is 0.481 e. The van der Waals surface area contributed by atoms with Crippen LogP contribution in [-0.4, -0.2) is 17.0 Å². The van der Waals surface area contributed by atoms with E-state index in [0.717, 1.165) is 40.8 Å². The molecule has 0 heterocycles. The molecule has 4 heteroatoms. The highest BCUT2D eigenvalue weighted by molar-refractivity contribution is 6.06. The lowest BCUT2D eigenvalue weighted by molar-refractivity contribution is -0.153. The number of carboxylic acids is 1. The minimum atomic E-state index is -0.906. The molecule has 0 radical (unpaired) electrons. The lowest BCUT2D eigenvalue weighted by Crippen LogP contribution is -2.35. The quantitative estimate of drug-likeness (QED) is 0.379. The summed E-state index contributed by atoms with van der Waals surface area (Å²) in [5.74, 6) is -2.04. The van der Waals surface area contributed by atoms with E-state index < -0.39 is 23.8 Å². The van der Waals surface area contributed by atoms with Crippen molar-refractivity contribution < 1.29 is 19.4 Å². The van der Waals surface area contributed by atoms with Crippen LogP contribution in [0.25, 0.3) is 21.5 Å². The number of hydrogen-bond acceptors (Lipinski definition) is 3. The number of aryl methyl sites for hydroxylation is 1. The number of fused-ring (bicyclic) bond motifs is 2. The monoisotopic (exact) mass is 376 g/mol. The van der Waals surface area contributed by atoms with Crippen LogP contribution in [-0.2, 0) is 16.0 Å². The van der Waals surface area contributed by atoms with E-state index in [1.54, 1.807) is 0 Å². The maximum atomic E-state index is 13.0. The molecule has 2 unspecified atom stereocenters. The van der Waals surface area contributed by atoms with E-state index in [1.807, 2.05) is 30.3 Å². The van der Waals surface area contributed by atoms with Gasteiger partial charge in [0.25, 0.3) is 0 Å². The van der Waals surface area contributed by atoms with Gasteiger partial charge >= 0.3 is 11.9 Å². The van der Waals surface area contributed by atoms with Crippen LogP contribution in [0.1, 0.15) is 38.2 Å². The smallest absolute Gasteiger partial charge is 0.315 e. The Kier molecular flexibility index (Phi) is 5.03. The van der Waals surface area contributed by atoms with Crippen LogP contribution in [0.5, 0.6) is 5.75 Å². The van der Waals surface area contributed by atoms with Crippen molar-refractivity contribution >= 4 is 33.5 Å². The number of carboxylic acid groups (broad SMARTS) is 1. The number of aliphatic carboxylic acids is 1. The summed E-state index contributed by atoms with van der Waals surface area (Å²) >= 11 is 0. The molecule has 3 aromatic rings. The van der Waals surface area contributed by atoms with Gasteiger partial charge < -0.3 is 9.84 Å². The van der Waals surface area contributed by atoms with Crippen molar-refractivity contribution in [3.8, 4) is 5.75 Å². The number of hydrogen-bond donors (Lipinski definition) is 1. The van der Waals surface area contributed by atoms with Crippen molar-refractivity contribution in [2.75, 3.05) is 0 Å². The second kappa shape index (κ2) is 7.63. The number of benzene rings is 3. The van der Waals surface area contributed by atoms with Crippen LogP contribution in [0, 0.1) is 11.8 Å². The minimum absolute atomic E-state index is 0.427. The highest BCUT2D eigenvalue weighted by Crippen LogP contribution is 2.38. The van der Waals surface area contributed by atoms with E-state index in [4.69, 9.17) is 4.74 Å². The molecule has 0 amide bonds. The zero-order chi connectivity index (χ0) is 19.7. The summed E-state index contributed by atoms with van der Waals surface area (Å²) in [6, 6.07) is 16.1. The molecule has 28 heavy (non-hydrogen) atoms. The number of carbonyl (C=O) groups is 2. The van der Waals surface area contributed by atoms with Crippen LogP contribution in [0.2, 0.25) is 0 Å². The van der Waals surface area contributed by atoms with Gasteiger partial charge in [-0.05, 0) is 41.7 Å². The average molecular weight is 376 g/mol. The zero-order valence-electron chi connectivity index (χ0n) is 16.0. The molecule has 4 rings (SSSR count). The van der Waals surface area contributed by atoms with Gasteiger partial charge in [-0.2, -0.15) is 0 Å². The second-order valence-corrected chi connectivity index (χ2v) is 7.59. The van der Waals surface area contributed by atoms with E-state index >= 15 is 0 Å². The predicted octanol–water partition coefficient (Wildman–Crippen LogP) is 5.35. The van der Waals surface area contributed by atoms with Gasteiger partial charge in [0, 0.05) is 10.8 Å². The molecule has 4 nitrogen and oxygen atoms in total. The normalized spacial score (nSPS) is 19.6. The first-order chi connectivity index (χ1) is 13.6. The Balaban J connectivity index is 1.79. The Morgan fingerprint density at radius 3 is 2.43 bits per heavy atom. The second-order valence-electron chi connectivity index (χ2n) is 7.59. The maximum Gasteiger partial charge on any atom is 0.315 e. The fourth-order valence-corrected chi connectivity index (χ4v) is 4.30. The van der Waals surface area contributed by atoms with Crippen molar-refractivity contribution in [1.29, 1.82) is 0 Å². The van der Waals surface area contributed by atoms with E-state index in [2.05, 4.69) is 25.1 Å². The summed E-state index contributed by atoms with van der Waals surface area (Å²) in [5.41, 5.74) is 1.22. The lowest BCUT2D eigenvalue weighted by Gasteiger charge is -2.27. The van der Waals surface area contributed by atoms with Gasteiger partial charge in [0.15, 0.2) is 0 Å². The fraction of sp³-hybridized carbons (Fsp3) is 0.333. The topological polar surface area (TPSA) is 63.6 Å². The summed E-state index contributed by atoms with van der Waals surface area (Å²) in [7, 11) is 0. The van der Waals surface area contributed by atoms with Gasteiger partial charge in [-0.25, -0.2) is 0 Å². The van der Waals surface area contributed by atoms with E-state index in [9.17, 15) is 14.7 Å². The number of rotatable bonds is 4. The van der Waals surface area contributed by atoms with Gasteiger partial charge in [0.2, 0.25) is 0 Å². The molecule has 0 saturated heterocycles. The summed E-state index contributed by atoms with van der Waals surface area (Å²) < 4.78 is 5.93. The number of esters is 1. The molecule has 0 aromatic heterocycles. The van der Waals surface area contributed by atoms with E-state index in [-0.39, 0.29) is 0 Å². The molecule has 1 aliphatic rings. The van der Waals surface area contributed by atoms with Gasteiger partial charge in [-0.15, -0.1) is 0 Å². The fourth-order valence-electron chi connectivity index (χ4n) is 4.30. The van der Waals surface area contributed by atoms with Gasteiger partial charge in [0.05, 0.1) is 11.8 Å². The van der Waals surface area contributed by atoms with Gasteiger partial charge in [-0.1, -0.05) is 62.2 Å². The molecule has 0 bridgehead atoms. The van der Waals surface area contributed by atoms with Crippen molar-refractivity contribution in [1.82, 2.24) is 0 Å². The van der Waals surface area contributed by atoms with Crippen LogP contribution in [0.4, 0.5) is 0 Å². The molecule has 1 aliphatic carbocycles. The molecule has 1 N–H and O–H groups in total. The van der Waals surface area contributed by atoms with Crippen LogP contribution in [0.15, 0.2) is 48.5 Å². The first-order valence-electron chi connectivity index (χ1n) is 9.97. The Hall–Kier alpha value is -2.88. The molecule has 3 aromatic carbocycles. The Morgan fingerprint density at radius 2 is 1.68 bits per heavy atom. The van der Waals surface area contributed by atoms with E-state index in [0.29, 0.717) is 18.6 Å². The SMILES string of the molecule is CCc1ccc2c(OC(=O)C3CCCCC3C(=O)O)c3ccccc3cc2c1. The lowest BCUT2D eigenvalue weighted by atomic mass is 9.79. The third kappa shape index (κ3) is 3.35. The highest BCUT2D eigenvalue weighted by Gasteiger charge is 2.37. The molecule has 1 saturated carbocycles. The van der Waals surface area contributed by atoms with E-state index in [1.165, 1.54) is 5.56 Å². The highest BCUT2D eigenvalue weighted by atomic mass is 16.5. The molecule has 2 atom stereocenters. The predicted molar refractivity (Wildman–Crippen MR) is 110 cm³/mol. The van der Waals surface area contributed by atoms with Crippen molar-refractivity contribution in [3.05, 3.63) is 54.1 Å². The molecule has 1 fully saturated rings. The molecular formula is C24H24O4. The van der Waals surface area contributed by atoms with Crippen molar-refractivity contribution in [2.45, 2.75) is 39.0 Å².